The van der Waals surface area contributed by atoms with E-state index in [0.29, 0.717) is 35.3 Å². The summed E-state index contributed by atoms with van der Waals surface area (Å²) in [5.74, 6) is 0.791. The average Bonchev–Trinajstić information content (AvgIpc) is 3.33. The summed E-state index contributed by atoms with van der Waals surface area (Å²) in [6.07, 6.45) is -1.79. The summed E-state index contributed by atoms with van der Waals surface area (Å²) in [5.41, 5.74) is 1.57. The number of hydrogen-bond donors (Lipinski definition) is 0. The molecule has 4 rings (SSSR count). The molecule has 1 fully saturated rings. The minimum absolute atomic E-state index is 0.150. The topological polar surface area (TPSA) is 66.9 Å². The van der Waals surface area contributed by atoms with Gasteiger partial charge < -0.3 is 18.9 Å². The summed E-state index contributed by atoms with van der Waals surface area (Å²) >= 11 is 3.05. The van der Waals surface area contributed by atoms with Crippen molar-refractivity contribution in [2.45, 2.75) is 62.8 Å². The number of hydrogen-bond acceptors (Lipinski definition) is 8. The maximum Gasteiger partial charge on any atom is 0.416 e. The Bertz CT molecular complexity index is 1240. The molecule has 0 N–H and O–H groups in total. The van der Waals surface area contributed by atoms with Gasteiger partial charge >= 0.3 is 12.1 Å². The van der Waals surface area contributed by atoms with Crippen LogP contribution < -0.4 is 4.74 Å². The number of aromatic nitrogens is 1. The lowest BCUT2D eigenvalue weighted by atomic mass is 10.1. The third-order valence-corrected chi connectivity index (χ3v) is 8.30. The number of esters is 1. The zero-order valence-electron chi connectivity index (χ0n) is 21.7. The van der Waals surface area contributed by atoms with Crippen molar-refractivity contribution in [1.29, 1.82) is 0 Å². The SMILES string of the molecule is CCOC(=O)COc1ccc(SCc2sc(-c3ccc(C(F)(F)F)cc3)nc2COC2CCCCO2)cc1C. The quantitative estimate of drug-likeness (QED) is 0.173. The summed E-state index contributed by atoms with van der Waals surface area (Å²) in [6, 6.07) is 10.8. The van der Waals surface area contributed by atoms with E-state index >= 15 is 0 Å². The van der Waals surface area contributed by atoms with Crippen LogP contribution in [0.2, 0.25) is 0 Å². The van der Waals surface area contributed by atoms with E-state index in [1.807, 2.05) is 25.1 Å². The van der Waals surface area contributed by atoms with Gasteiger partial charge in [0.15, 0.2) is 12.9 Å². The Morgan fingerprint density at radius 3 is 2.64 bits per heavy atom. The summed E-state index contributed by atoms with van der Waals surface area (Å²) < 4.78 is 61.2. The van der Waals surface area contributed by atoms with Gasteiger partial charge in [-0.3, -0.25) is 0 Å². The van der Waals surface area contributed by atoms with Crippen LogP contribution in [0.15, 0.2) is 47.4 Å². The predicted molar refractivity (Wildman–Crippen MR) is 144 cm³/mol. The van der Waals surface area contributed by atoms with Gasteiger partial charge in [0.25, 0.3) is 0 Å². The first-order valence-corrected chi connectivity index (χ1v) is 14.4. The Kier molecular flexibility index (Phi) is 10.3. The number of benzene rings is 2. The Balaban J connectivity index is 1.47. The molecule has 0 saturated carbocycles. The van der Waals surface area contributed by atoms with E-state index in [1.165, 1.54) is 23.5 Å². The molecule has 0 spiro atoms. The smallest absolute Gasteiger partial charge is 0.416 e. The number of thioether (sulfide) groups is 1. The molecule has 1 aliphatic rings. The average molecular weight is 582 g/mol. The van der Waals surface area contributed by atoms with Crippen molar-refractivity contribution in [3.8, 4) is 16.3 Å². The predicted octanol–water partition coefficient (Wildman–Crippen LogP) is 7.41. The molecule has 1 unspecified atom stereocenters. The molecule has 39 heavy (non-hydrogen) atoms. The van der Waals surface area contributed by atoms with Gasteiger partial charge in [0.05, 0.1) is 24.5 Å². The number of carbonyl (C=O) groups excluding carboxylic acids is 1. The normalized spacial score (nSPS) is 15.8. The van der Waals surface area contributed by atoms with Gasteiger partial charge in [-0.25, -0.2) is 9.78 Å². The third kappa shape index (κ3) is 8.44. The Hall–Kier alpha value is -2.60. The van der Waals surface area contributed by atoms with Gasteiger partial charge in [-0.2, -0.15) is 13.2 Å². The van der Waals surface area contributed by atoms with Crippen molar-refractivity contribution in [2.75, 3.05) is 19.8 Å². The number of rotatable bonds is 11. The van der Waals surface area contributed by atoms with Gasteiger partial charge in [-0.05, 0) is 69.0 Å². The molecule has 0 aliphatic carbocycles. The van der Waals surface area contributed by atoms with Crippen LogP contribution in [0.5, 0.6) is 5.75 Å². The first-order chi connectivity index (χ1) is 18.7. The molecule has 1 atom stereocenters. The minimum Gasteiger partial charge on any atom is -0.482 e. The Morgan fingerprint density at radius 2 is 1.97 bits per heavy atom. The Labute approximate surface area is 233 Å². The van der Waals surface area contributed by atoms with E-state index in [9.17, 15) is 18.0 Å². The number of nitrogens with zero attached hydrogens (tertiary/aromatic N) is 1. The van der Waals surface area contributed by atoms with Crippen molar-refractivity contribution in [3.63, 3.8) is 0 Å². The number of carbonyl (C=O) groups is 1. The van der Waals surface area contributed by atoms with Crippen LogP contribution in [-0.2, 0) is 37.5 Å². The molecule has 0 radical (unpaired) electrons. The van der Waals surface area contributed by atoms with Crippen LogP contribution in [0.1, 0.15) is 47.9 Å². The van der Waals surface area contributed by atoms with Crippen molar-refractivity contribution in [3.05, 3.63) is 64.2 Å². The second-order valence-corrected chi connectivity index (χ2v) is 11.0. The van der Waals surface area contributed by atoms with Gasteiger partial charge in [0, 0.05) is 27.7 Å². The van der Waals surface area contributed by atoms with Crippen LogP contribution in [-0.4, -0.2) is 37.1 Å². The van der Waals surface area contributed by atoms with Crippen molar-refractivity contribution < 1.29 is 36.9 Å². The molecule has 2 aromatic carbocycles. The van der Waals surface area contributed by atoms with Gasteiger partial charge in [-0.15, -0.1) is 23.1 Å². The number of halogens is 3. The van der Waals surface area contributed by atoms with E-state index in [-0.39, 0.29) is 19.5 Å². The van der Waals surface area contributed by atoms with Crippen molar-refractivity contribution in [2.24, 2.45) is 0 Å². The second-order valence-electron chi connectivity index (χ2n) is 8.88. The first kappa shape index (κ1) is 29.4. The fraction of sp³-hybridized carbons (Fsp3) is 0.429. The second kappa shape index (κ2) is 13.6. The van der Waals surface area contributed by atoms with Crippen LogP contribution in [0.25, 0.3) is 10.6 Å². The van der Waals surface area contributed by atoms with Crippen molar-refractivity contribution in [1.82, 2.24) is 4.98 Å². The lowest BCUT2D eigenvalue weighted by Crippen LogP contribution is -2.22. The molecule has 6 nitrogen and oxygen atoms in total. The number of aryl methyl sites for hydroxylation is 1. The molecular formula is C28H30F3NO5S2. The van der Waals surface area contributed by atoms with E-state index in [1.54, 1.807) is 18.7 Å². The summed E-state index contributed by atoms with van der Waals surface area (Å²) in [4.78, 5) is 18.3. The van der Waals surface area contributed by atoms with E-state index < -0.39 is 17.7 Å². The molecule has 3 aromatic rings. The molecule has 0 amide bonds. The van der Waals surface area contributed by atoms with Crippen LogP contribution in [0.3, 0.4) is 0 Å². The van der Waals surface area contributed by atoms with Crippen LogP contribution in [0.4, 0.5) is 13.2 Å². The number of thiazole rings is 1. The minimum atomic E-state index is -4.39. The molecular weight excluding hydrogens is 551 g/mol. The molecule has 1 saturated heterocycles. The highest BCUT2D eigenvalue weighted by molar-refractivity contribution is 7.98. The largest absolute Gasteiger partial charge is 0.482 e. The lowest BCUT2D eigenvalue weighted by molar-refractivity contribution is -0.169. The van der Waals surface area contributed by atoms with Gasteiger partial charge in [0.1, 0.15) is 10.8 Å². The van der Waals surface area contributed by atoms with E-state index in [2.05, 4.69) is 0 Å². The molecule has 2 heterocycles. The summed E-state index contributed by atoms with van der Waals surface area (Å²) in [6.45, 7) is 4.73. The maximum absolute atomic E-state index is 13.0. The molecule has 0 bridgehead atoms. The van der Waals surface area contributed by atoms with E-state index in [0.717, 1.165) is 52.4 Å². The zero-order chi connectivity index (χ0) is 27.8. The Morgan fingerprint density at radius 1 is 1.18 bits per heavy atom. The first-order valence-electron chi connectivity index (χ1n) is 12.6. The summed E-state index contributed by atoms with van der Waals surface area (Å²) in [7, 11) is 0. The van der Waals surface area contributed by atoms with Crippen LogP contribution >= 0.6 is 23.1 Å². The highest BCUT2D eigenvalue weighted by Gasteiger charge is 2.30. The zero-order valence-corrected chi connectivity index (χ0v) is 23.3. The third-order valence-electron chi connectivity index (χ3n) is 5.95. The number of alkyl halides is 3. The maximum atomic E-state index is 13.0. The van der Waals surface area contributed by atoms with Crippen molar-refractivity contribution >= 4 is 29.1 Å². The van der Waals surface area contributed by atoms with Gasteiger partial charge in [-0.1, -0.05) is 12.1 Å². The molecule has 210 valence electrons. The standard InChI is InChI=1S/C28H30F3NO5S2/c1-3-34-25(33)16-36-23-12-11-21(14-18(23)2)38-17-24-22(15-37-26-6-4-5-13-35-26)32-27(39-24)19-7-9-20(10-8-19)28(29,30)31/h7-12,14,26H,3-6,13,15-17H2,1-2H3. The summed E-state index contributed by atoms with van der Waals surface area (Å²) in [5, 5.41) is 0.640. The lowest BCUT2D eigenvalue weighted by Gasteiger charge is -2.22. The number of ether oxygens (including phenoxy) is 4. The molecule has 1 aromatic heterocycles. The fourth-order valence-electron chi connectivity index (χ4n) is 3.91. The van der Waals surface area contributed by atoms with E-state index in [4.69, 9.17) is 23.9 Å². The fourth-order valence-corrected chi connectivity index (χ4v) is 6.08. The highest BCUT2D eigenvalue weighted by Crippen LogP contribution is 2.36. The monoisotopic (exact) mass is 581 g/mol. The molecule has 11 heteroatoms. The highest BCUT2D eigenvalue weighted by atomic mass is 32.2. The van der Waals surface area contributed by atoms with Gasteiger partial charge in [0.2, 0.25) is 0 Å². The van der Waals surface area contributed by atoms with Crippen LogP contribution in [0, 0.1) is 6.92 Å². The molecule has 1 aliphatic heterocycles.